The van der Waals surface area contributed by atoms with Crippen molar-refractivity contribution < 1.29 is 14.3 Å². The molecule has 1 aromatic rings. The Bertz CT molecular complexity index is 484. The van der Waals surface area contributed by atoms with E-state index in [4.69, 9.17) is 4.74 Å². The van der Waals surface area contributed by atoms with Gasteiger partial charge in [-0.05, 0) is 25.0 Å². The van der Waals surface area contributed by atoms with Crippen LogP contribution in [0.15, 0.2) is 18.2 Å². The van der Waals surface area contributed by atoms with Gasteiger partial charge in [0, 0.05) is 18.5 Å². The lowest BCUT2D eigenvalue weighted by Gasteiger charge is -2.10. The fourth-order valence-electron chi connectivity index (χ4n) is 1.62. The third-order valence-corrected chi connectivity index (χ3v) is 2.50. The van der Waals surface area contributed by atoms with Crippen LogP contribution in [0.5, 0.6) is 5.88 Å². The molecule has 0 spiro atoms. The SMILES string of the molecule is COC(=O)C#Cc1cccc(OC2CCNC2)n1. The van der Waals surface area contributed by atoms with Crippen molar-refractivity contribution >= 4 is 5.97 Å². The van der Waals surface area contributed by atoms with Gasteiger partial charge in [0.15, 0.2) is 0 Å². The van der Waals surface area contributed by atoms with Crippen molar-refractivity contribution in [1.29, 1.82) is 0 Å². The molecule has 0 radical (unpaired) electrons. The molecular weight excluding hydrogens is 232 g/mol. The first-order valence-corrected chi connectivity index (χ1v) is 5.72. The first-order valence-electron chi connectivity index (χ1n) is 5.72. The Labute approximate surface area is 106 Å². The van der Waals surface area contributed by atoms with Crippen molar-refractivity contribution in [3.05, 3.63) is 23.9 Å². The maximum absolute atomic E-state index is 10.9. The van der Waals surface area contributed by atoms with Gasteiger partial charge in [-0.25, -0.2) is 9.78 Å². The minimum absolute atomic E-state index is 0.154. The molecule has 1 aliphatic rings. The molecule has 2 heterocycles. The summed E-state index contributed by atoms with van der Waals surface area (Å²) in [5.74, 6) is 4.90. The number of pyridine rings is 1. The van der Waals surface area contributed by atoms with Crippen LogP contribution in [0, 0.1) is 11.8 Å². The monoisotopic (exact) mass is 246 g/mol. The molecule has 0 amide bonds. The van der Waals surface area contributed by atoms with E-state index in [9.17, 15) is 4.79 Å². The van der Waals surface area contributed by atoms with E-state index in [-0.39, 0.29) is 6.10 Å². The van der Waals surface area contributed by atoms with Crippen LogP contribution in [0.3, 0.4) is 0 Å². The van der Waals surface area contributed by atoms with E-state index in [1.807, 2.05) is 0 Å². The lowest BCUT2D eigenvalue weighted by atomic mass is 10.3. The molecule has 94 valence electrons. The number of methoxy groups -OCH3 is 1. The molecule has 18 heavy (non-hydrogen) atoms. The van der Waals surface area contributed by atoms with Gasteiger partial charge in [0.2, 0.25) is 5.88 Å². The second-order valence-electron chi connectivity index (χ2n) is 3.84. The Hall–Kier alpha value is -2.06. The number of rotatable bonds is 2. The third-order valence-electron chi connectivity index (χ3n) is 2.50. The number of nitrogens with one attached hydrogen (secondary N) is 1. The zero-order chi connectivity index (χ0) is 12.8. The molecule has 1 aromatic heterocycles. The largest absolute Gasteiger partial charge is 0.473 e. The van der Waals surface area contributed by atoms with Gasteiger partial charge >= 0.3 is 5.97 Å². The second kappa shape index (κ2) is 6.03. The summed E-state index contributed by atoms with van der Waals surface area (Å²) in [6, 6.07) is 5.29. The molecule has 1 saturated heterocycles. The average Bonchev–Trinajstić information content (AvgIpc) is 2.89. The molecule has 0 saturated carbocycles. The fraction of sp³-hybridized carbons (Fsp3) is 0.385. The first kappa shape index (κ1) is 12.4. The van der Waals surface area contributed by atoms with Gasteiger partial charge in [0.25, 0.3) is 0 Å². The van der Waals surface area contributed by atoms with Crippen LogP contribution in [0.4, 0.5) is 0 Å². The Morgan fingerprint density at radius 1 is 1.56 bits per heavy atom. The van der Waals surface area contributed by atoms with Gasteiger partial charge in [0.05, 0.1) is 7.11 Å². The van der Waals surface area contributed by atoms with Crippen molar-refractivity contribution in [2.75, 3.05) is 20.2 Å². The van der Waals surface area contributed by atoms with Crippen LogP contribution in [-0.4, -0.2) is 37.3 Å². The molecular formula is C13H14N2O3. The van der Waals surface area contributed by atoms with Crippen LogP contribution in [0.1, 0.15) is 12.1 Å². The highest BCUT2D eigenvalue weighted by Crippen LogP contribution is 2.12. The van der Waals surface area contributed by atoms with E-state index in [0.717, 1.165) is 19.5 Å². The van der Waals surface area contributed by atoms with E-state index in [1.165, 1.54) is 7.11 Å². The van der Waals surface area contributed by atoms with Crippen LogP contribution >= 0.6 is 0 Å². The maximum atomic E-state index is 10.9. The van der Waals surface area contributed by atoms with Gasteiger partial charge in [-0.1, -0.05) is 6.07 Å². The molecule has 5 nitrogen and oxygen atoms in total. The smallest absolute Gasteiger partial charge is 0.384 e. The van der Waals surface area contributed by atoms with Gasteiger partial charge < -0.3 is 14.8 Å². The highest BCUT2D eigenvalue weighted by molar-refractivity contribution is 5.88. The summed E-state index contributed by atoms with van der Waals surface area (Å²) >= 11 is 0. The quantitative estimate of drug-likeness (QED) is 0.602. The fourth-order valence-corrected chi connectivity index (χ4v) is 1.62. The normalized spacial score (nSPS) is 17.7. The van der Waals surface area contributed by atoms with E-state index >= 15 is 0 Å². The summed E-state index contributed by atoms with van der Waals surface area (Å²) in [6.45, 7) is 1.80. The van der Waals surface area contributed by atoms with E-state index in [0.29, 0.717) is 11.6 Å². The summed E-state index contributed by atoms with van der Waals surface area (Å²) in [5, 5.41) is 3.21. The Morgan fingerprint density at radius 2 is 2.44 bits per heavy atom. The van der Waals surface area contributed by atoms with Crippen molar-refractivity contribution in [3.63, 3.8) is 0 Å². The maximum Gasteiger partial charge on any atom is 0.384 e. The van der Waals surface area contributed by atoms with Crippen LogP contribution in [-0.2, 0) is 9.53 Å². The predicted molar refractivity (Wildman–Crippen MR) is 65.0 cm³/mol. The summed E-state index contributed by atoms with van der Waals surface area (Å²) in [4.78, 5) is 15.1. The highest BCUT2D eigenvalue weighted by Gasteiger charge is 2.16. The van der Waals surface area contributed by atoms with E-state index in [1.54, 1.807) is 18.2 Å². The second-order valence-corrected chi connectivity index (χ2v) is 3.84. The average molecular weight is 246 g/mol. The lowest BCUT2D eigenvalue weighted by molar-refractivity contribution is -0.133. The van der Waals surface area contributed by atoms with Crippen LogP contribution in [0.25, 0.3) is 0 Å². The number of carbonyl (C=O) groups is 1. The molecule has 1 unspecified atom stereocenters. The summed E-state index contributed by atoms with van der Waals surface area (Å²) in [6.07, 6.45) is 1.13. The molecule has 1 aliphatic heterocycles. The zero-order valence-electron chi connectivity index (χ0n) is 10.1. The molecule has 0 aromatic carbocycles. The van der Waals surface area contributed by atoms with E-state index in [2.05, 4.69) is 26.9 Å². The predicted octanol–water partition coefficient (Wildman–Crippen LogP) is 0.347. The number of hydrogen-bond donors (Lipinski definition) is 1. The Kier molecular flexibility index (Phi) is 4.15. The number of aromatic nitrogens is 1. The number of esters is 1. The lowest BCUT2D eigenvalue weighted by Crippen LogP contribution is -2.20. The molecule has 5 heteroatoms. The van der Waals surface area contributed by atoms with Crippen molar-refractivity contribution in [2.24, 2.45) is 0 Å². The Balaban J connectivity index is 2.04. The van der Waals surface area contributed by atoms with E-state index < -0.39 is 5.97 Å². The Morgan fingerprint density at radius 3 is 3.17 bits per heavy atom. The van der Waals surface area contributed by atoms with Gasteiger partial charge in [-0.3, -0.25) is 0 Å². The van der Waals surface area contributed by atoms with Gasteiger partial charge in [-0.15, -0.1) is 0 Å². The number of carbonyl (C=O) groups excluding carboxylic acids is 1. The number of hydrogen-bond acceptors (Lipinski definition) is 5. The van der Waals surface area contributed by atoms with Crippen molar-refractivity contribution in [1.82, 2.24) is 10.3 Å². The third kappa shape index (κ3) is 3.47. The molecule has 0 aliphatic carbocycles. The topological polar surface area (TPSA) is 60.5 Å². The summed E-state index contributed by atoms with van der Waals surface area (Å²) in [7, 11) is 1.29. The molecule has 2 rings (SSSR count). The molecule has 0 bridgehead atoms. The minimum Gasteiger partial charge on any atom is -0.473 e. The number of ether oxygens (including phenoxy) is 2. The zero-order valence-corrected chi connectivity index (χ0v) is 10.1. The standard InChI is InChI=1S/C13H14N2O3/c1-17-13(16)6-5-10-3-2-4-12(15-10)18-11-7-8-14-9-11/h2-4,11,14H,7-9H2,1H3. The molecule has 1 atom stereocenters. The van der Waals surface area contributed by atoms with Crippen molar-refractivity contribution in [2.45, 2.75) is 12.5 Å². The minimum atomic E-state index is -0.580. The molecule has 1 fully saturated rings. The van der Waals surface area contributed by atoms with Crippen LogP contribution < -0.4 is 10.1 Å². The van der Waals surface area contributed by atoms with Crippen molar-refractivity contribution in [3.8, 4) is 17.7 Å². The number of nitrogens with zero attached hydrogens (tertiary/aromatic N) is 1. The van der Waals surface area contributed by atoms with Gasteiger partial charge in [0.1, 0.15) is 11.8 Å². The first-order chi connectivity index (χ1) is 8.78. The highest BCUT2D eigenvalue weighted by atomic mass is 16.5. The van der Waals surface area contributed by atoms with Gasteiger partial charge in [-0.2, -0.15) is 0 Å². The summed E-state index contributed by atoms with van der Waals surface area (Å²) < 4.78 is 10.1. The summed E-state index contributed by atoms with van der Waals surface area (Å²) in [5.41, 5.74) is 0.490. The molecule has 1 N–H and O–H groups in total. The van der Waals surface area contributed by atoms with Crippen LogP contribution in [0.2, 0.25) is 0 Å².